The Morgan fingerprint density at radius 2 is 1.49 bits per heavy atom. The quantitative estimate of drug-likeness (QED) is 0.188. The molecular formula is C34H32F4N4O3. The molecule has 1 aliphatic rings. The number of rotatable bonds is 6. The number of hydrogen-bond acceptors (Lipinski definition) is 6. The summed E-state index contributed by atoms with van der Waals surface area (Å²) in [6, 6.07) is 17.3. The Hall–Kier alpha value is -4.51. The van der Waals surface area contributed by atoms with Crippen molar-refractivity contribution < 1.29 is 26.8 Å². The van der Waals surface area contributed by atoms with Gasteiger partial charge >= 0.3 is 6.18 Å². The van der Waals surface area contributed by atoms with Crippen LogP contribution in [0.15, 0.2) is 82.2 Å². The molecule has 0 radical (unpaired) electrons. The van der Waals surface area contributed by atoms with Crippen LogP contribution in [0.1, 0.15) is 50.3 Å². The molecule has 7 nitrogen and oxygen atoms in total. The number of ether oxygens (including phenoxy) is 1. The lowest BCUT2D eigenvalue weighted by Gasteiger charge is -2.33. The summed E-state index contributed by atoms with van der Waals surface area (Å²) in [6.45, 7) is 9.29. The lowest BCUT2D eigenvalue weighted by molar-refractivity contribution is -0.137. The fraction of sp³-hybridized carbons (Fsp3) is 0.324. The van der Waals surface area contributed by atoms with Gasteiger partial charge in [0.25, 0.3) is 0 Å². The highest BCUT2D eigenvalue weighted by atomic mass is 19.4. The second-order valence-electron chi connectivity index (χ2n) is 12.2. The molecule has 1 fully saturated rings. The summed E-state index contributed by atoms with van der Waals surface area (Å²) >= 11 is 0. The van der Waals surface area contributed by atoms with Crippen molar-refractivity contribution in [3.63, 3.8) is 0 Å². The summed E-state index contributed by atoms with van der Waals surface area (Å²) in [5.74, 6) is -0.266. The van der Waals surface area contributed by atoms with Crippen LogP contribution >= 0.6 is 0 Å². The van der Waals surface area contributed by atoms with Crippen LogP contribution < -0.4 is 10.3 Å². The topological polar surface area (TPSA) is 73.4 Å². The van der Waals surface area contributed by atoms with Crippen molar-refractivity contribution in [2.45, 2.75) is 44.8 Å². The molecule has 6 rings (SSSR count). The van der Waals surface area contributed by atoms with Gasteiger partial charge in [-0.3, -0.25) is 4.79 Å². The van der Waals surface area contributed by atoms with Crippen LogP contribution in [0.4, 0.5) is 23.2 Å². The average Bonchev–Trinajstić information content (AvgIpc) is 3.53. The van der Waals surface area contributed by atoms with E-state index < -0.39 is 33.9 Å². The van der Waals surface area contributed by atoms with Gasteiger partial charge in [-0.25, -0.2) is 4.39 Å². The van der Waals surface area contributed by atoms with E-state index in [9.17, 15) is 18.0 Å². The first-order valence-corrected chi connectivity index (χ1v) is 14.6. The summed E-state index contributed by atoms with van der Waals surface area (Å²) in [6.07, 6.45) is -2.91. The maximum atomic E-state index is 15.7. The van der Waals surface area contributed by atoms with E-state index in [2.05, 4.69) is 10.1 Å². The van der Waals surface area contributed by atoms with Gasteiger partial charge in [0.2, 0.25) is 17.1 Å². The van der Waals surface area contributed by atoms with Gasteiger partial charge < -0.3 is 18.7 Å². The highest BCUT2D eigenvalue weighted by molar-refractivity contribution is 5.87. The average molecular weight is 621 g/mol. The number of nitrogens with zero attached hydrogens (tertiary/aromatic N) is 4. The Morgan fingerprint density at radius 3 is 2.13 bits per heavy atom. The highest BCUT2D eigenvalue weighted by Crippen LogP contribution is 2.37. The molecule has 0 aliphatic carbocycles. The van der Waals surface area contributed by atoms with Gasteiger partial charge in [-0.05, 0) is 63.1 Å². The number of aromatic nitrogens is 3. The lowest BCUT2D eigenvalue weighted by atomic mass is 9.84. The molecule has 0 spiro atoms. The lowest BCUT2D eigenvalue weighted by Crippen LogP contribution is -2.37. The normalized spacial score (nSPS) is 14.7. The zero-order valence-electron chi connectivity index (χ0n) is 25.3. The Kier molecular flexibility index (Phi) is 7.55. The second kappa shape index (κ2) is 11.1. The fourth-order valence-electron chi connectivity index (χ4n) is 5.77. The van der Waals surface area contributed by atoms with Gasteiger partial charge in [0.05, 0.1) is 46.5 Å². The summed E-state index contributed by atoms with van der Waals surface area (Å²) < 4.78 is 68.7. The van der Waals surface area contributed by atoms with Crippen LogP contribution in [-0.4, -0.2) is 41.0 Å². The van der Waals surface area contributed by atoms with Gasteiger partial charge in [0.1, 0.15) is 5.82 Å². The molecule has 2 aromatic heterocycles. The van der Waals surface area contributed by atoms with Crippen LogP contribution in [0.2, 0.25) is 0 Å². The Labute approximate surface area is 257 Å². The minimum Gasteiger partial charge on any atom is -0.378 e. The van der Waals surface area contributed by atoms with Crippen molar-refractivity contribution in [2.24, 2.45) is 0 Å². The van der Waals surface area contributed by atoms with E-state index in [1.54, 1.807) is 16.8 Å². The van der Waals surface area contributed by atoms with Crippen molar-refractivity contribution in [3.8, 4) is 11.4 Å². The maximum absolute atomic E-state index is 15.7. The van der Waals surface area contributed by atoms with Gasteiger partial charge in [0, 0.05) is 24.7 Å². The van der Waals surface area contributed by atoms with Gasteiger partial charge in [0.15, 0.2) is 0 Å². The minimum atomic E-state index is -4.49. The summed E-state index contributed by atoms with van der Waals surface area (Å²) in [7, 11) is 0. The van der Waals surface area contributed by atoms with Crippen molar-refractivity contribution in [1.82, 2.24) is 14.7 Å². The van der Waals surface area contributed by atoms with E-state index in [1.165, 1.54) is 18.2 Å². The van der Waals surface area contributed by atoms with Crippen molar-refractivity contribution >= 4 is 16.6 Å². The first-order chi connectivity index (χ1) is 21.3. The minimum absolute atomic E-state index is 0.0236. The second-order valence-corrected chi connectivity index (χ2v) is 12.2. The van der Waals surface area contributed by atoms with Gasteiger partial charge in [-0.1, -0.05) is 47.6 Å². The molecule has 0 atom stereocenters. The summed E-state index contributed by atoms with van der Waals surface area (Å²) in [5, 5.41) is 4.23. The van der Waals surface area contributed by atoms with Crippen LogP contribution in [0.3, 0.4) is 0 Å². The first-order valence-electron chi connectivity index (χ1n) is 14.6. The molecule has 0 amide bonds. The SMILES string of the molecule is CC(C)(c1ccccc1)c1nc(-c2cn(C(C)(C)c3ccc(C(F)(F)F)cc3)c3cc(N4CCOCC4)c(F)cc3c2=O)no1. The van der Waals surface area contributed by atoms with Crippen molar-refractivity contribution in [2.75, 3.05) is 31.2 Å². The third-order valence-electron chi connectivity index (χ3n) is 8.64. The van der Waals surface area contributed by atoms with Crippen molar-refractivity contribution in [3.05, 3.63) is 112 Å². The van der Waals surface area contributed by atoms with E-state index in [0.29, 0.717) is 43.1 Å². The molecule has 1 saturated heterocycles. The predicted octanol–water partition coefficient (Wildman–Crippen LogP) is 7.16. The molecule has 5 aromatic rings. The van der Waals surface area contributed by atoms with E-state index in [1.807, 2.05) is 62.9 Å². The molecule has 0 N–H and O–H groups in total. The fourth-order valence-corrected chi connectivity index (χ4v) is 5.77. The van der Waals surface area contributed by atoms with E-state index >= 15 is 4.39 Å². The molecule has 45 heavy (non-hydrogen) atoms. The van der Waals surface area contributed by atoms with Crippen LogP contribution in [0.5, 0.6) is 0 Å². The molecule has 3 aromatic carbocycles. The Morgan fingerprint density at radius 1 is 0.844 bits per heavy atom. The molecule has 0 saturated carbocycles. The highest BCUT2D eigenvalue weighted by Gasteiger charge is 2.34. The van der Waals surface area contributed by atoms with Crippen molar-refractivity contribution in [1.29, 1.82) is 0 Å². The number of halogens is 4. The standard InChI is InChI=1S/C34H32F4N4O3/c1-32(2,21-8-6-5-7-9-21)31-39-30(40-45-31)25-20-42(33(3,4)22-10-12-23(13-11-22)34(36,37)38)27-19-28(41-14-16-44-17-15-41)26(35)18-24(27)29(25)43/h5-13,18-20H,14-17H2,1-4H3. The Balaban J connectivity index is 1.55. The third-order valence-corrected chi connectivity index (χ3v) is 8.64. The van der Waals surface area contributed by atoms with Crippen LogP contribution in [0, 0.1) is 5.82 Å². The number of anilines is 1. The summed E-state index contributed by atoms with van der Waals surface area (Å²) in [5.41, 5.74) is -0.695. The van der Waals surface area contributed by atoms with E-state index in [-0.39, 0.29) is 22.7 Å². The zero-order valence-corrected chi connectivity index (χ0v) is 25.3. The number of fused-ring (bicyclic) bond motifs is 1. The molecule has 0 bridgehead atoms. The molecule has 3 heterocycles. The molecule has 234 valence electrons. The monoisotopic (exact) mass is 620 g/mol. The first kappa shape index (κ1) is 30.5. The number of pyridine rings is 1. The summed E-state index contributed by atoms with van der Waals surface area (Å²) in [4.78, 5) is 20.5. The number of morpholine rings is 1. The van der Waals surface area contributed by atoms with Gasteiger partial charge in [-0.15, -0.1) is 0 Å². The zero-order chi connectivity index (χ0) is 32.1. The maximum Gasteiger partial charge on any atom is 0.416 e. The number of alkyl halides is 3. The molecule has 0 unspecified atom stereocenters. The largest absolute Gasteiger partial charge is 0.416 e. The van der Waals surface area contributed by atoms with Crippen LogP contribution in [0.25, 0.3) is 22.3 Å². The van der Waals surface area contributed by atoms with Crippen LogP contribution in [-0.2, 0) is 21.9 Å². The Bertz CT molecular complexity index is 1910. The molecular weight excluding hydrogens is 588 g/mol. The van der Waals surface area contributed by atoms with Gasteiger partial charge in [-0.2, -0.15) is 18.2 Å². The van der Waals surface area contributed by atoms with E-state index in [0.717, 1.165) is 17.7 Å². The number of hydrogen-bond donors (Lipinski definition) is 0. The smallest absolute Gasteiger partial charge is 0.378 e. The van der Waals surface area contributed by atoms with E-state index in [4.69, 9.17) is 9.26 Å². The molecule has 1 aliphatic heterocycles. The predicted molar refractivity (Wildman–Crippen MR) is 163 cm³/mol. The third kappa shape index (κ3) is 5.50. The molecule has 11 heteroatoms. The number of benzene rings is 3.